The van der Waals surface area contributed by atoms with E-state index in [4.69, 9.17) is 5.73 Å². The van der Waals surface area contributed by atoms with Gasteiger partial charge in [0.25, 0.3) is 0 Å². The van der Waals surface area contributed by atoms with Gasteiger partial charge in [0.2, 0.25) is 5.91 Å². The van der Waals surface area contributed by atoms with Crippen LogP contribution in [-0.2, 0) is 4.79 Å². The molecule has 5 nitrogen and oxygen atoms in total. The number of nitrogens with one attached hydrogen (secondary N) is 1. The fraction of sp³-hybridized carbons (Fsp3) is 0.778. The lowest BCUT2D eigenvalue weighted by Crippen LogP contribution is -2.48. The van der Waals surface area contributed by atoms with Crippen LogP contribution in [-0.4, -0.2) is 35.5 Å². The highest BCUT2D eigenvalue weighted by Gasteiger charge is 2.34. The van der Waals surface area contributed by atoms with Gasteiger partial charge in [-0.1, -0.05) is 0 Å². The number of likely N-dealkylation sites (tertiary alicyclic amines) is 1. The van der Waals surface area contributed by atoms with E-state index in [1.165, 1.54) is 0 Å². The minimum atomic E-state index is -0.395. The molecule has 1 aliphatic carbocycles. The standard InChI is InChI=1S/C9H15N3O2/c10-8(13)7-2-1-5-12(7)9(14)11-6-3-4-6/h6-7H,1-5H2,(H2,10,13)(H,11,14). The summed E-state index contributed by atoms with van der Waals surface area (Å²) in [7, 11) is 0. The number of amides is 3. The van der Waals surface area contributed by atoms with E-state index in [1.54, 1.807) is 4.90 Å². The summed E-state index contributed by atoms with van der Waals surface area (Å²) < 4.78 is 0. The summed E-state index contributed by atoms with van der Waals surface area (Å²) >= 11 is 0. The molecule has 2 rings (SSSR count). The maximum Gasteiger partial charge on any atom is 0.318 e. The molecule has 2 fully saturated rings. The summed E-state index contributed by atoms with van der Waals surface area (Å²) in [5, 5.41) is 2.86. The fourth-order valence-electron chi connectivity index (χ4n) is 1.79. The predicted molar refractivity (Wildman–Crippen MR) is 50.5 cm³/mol. The van der Waals surface area contributed by atoms with Gasteiger partial charge in [0.05, 0.1) is 0 Å². The molecule has 0 aromatic carbocycles. The van der Waals surface area contributed by atoms with Crippen molar-refractivity contribution in [1.82, 2.24) is 10.2 Å². The number of nitrogens with two attached hydrogens (primary N) is 1. The van der Waals surface area contributed by atoms with Crippen molar-refractivity contribution in [2.75, 3.05) is 6.54 Å². The van der Waals surface area contributed by atoms with Gasteiger partial charge in [0.15, 0.2) is 0 Å². The molecule has 0 bridgehead atoms. The maximum atomic E-state index is 11.6. The van der Waals surface area contributed by atoms with Crippen LogP contribution in [0.15, 0.2) is 0 Å². The van der Waals surface area contributed by atoms with Crippen molar-refractivity contribution in [3.8, 4) is 0 Å². The molecule has 3 N–H and O–H groups in total. The molecular formula is C9H15N3O2. The molecule has 0 spiro atoms. The van der Waals surface area contributed by atoms with Gasteiger partial charge in [-0.25, -0.2) is 4.79 Å². The summed E-state index contributed by atoms with van der Waals surface area (Å²) in [4.78, 5) is 24.2. The SMILES string of the molecule is NC(=O)C1CCCN1C(=O)NC1CC1. The van der Waals surface area contributed by atoms with Crippen molar-refractivity contribution >= 4 is 11.9 Å². The first-order valence-corrected chi connectivity index (χ1v) is 5.05. The molecule has 14 heavy (non-hydrogen) atoms. The van der Waals surface area contributed by atoms with Crippen LogP contribution < -0.4 is 11.1 Å². The second-order valence-electron chi connectivity index (χ2n) is 3.98. The zero-order valence-electron chi connectivity index (χ0n) is 8.03. The summed E-state index contributed by atoms with van der Waals surface area (Å²) in [5.74, 6) is -0.395. The Morgan fingerprint density at radius 2 is 2.00 bits per heavy atom. The molecule has 78 valence electrons. The first-order valence-electron chi connectivity index (χ1n) is 5.05. The lowest BCUT2D eigenvalue weighted by Gasteiger charge is -2.22. The highest BCUT2D eigenvalue weighted by atomic mass is 16.2. The number of urea groups is 1. The minimum Gasteiger partial charge on any atom is -0.368 e. The van der Waals surface area contributed by atoms with Crippen molar-refractivity contribution in [3.63, 3.8) is 0 Å². The van der Waals surface area contributed by atoms with Gasteiger partial charge in [-0.3, -0.25) is 4.79 Å². The Morgan fingerprint density at radius 3 is 2.57 bits per heavy atom. The Labute approximate surface area is 82.6 Å². The van der Waals surface area contributed by atoms with Gasteiger partial charge in [-0.2, -0.15) is 0 Å². The van der Waals surface area contributed by atoms with Gasteiger partial charge in [-0.05, 0) is 25.7 Å². The van der Waals surface area contributed by atoms with Crippen LogP contribution in [0, 0.1) is 0 Å². The van der Waals surface area contributed by atoms with Crippen LogP contribution in [0.5, 0.6) is 0 Å². The van der Waals surface area contributed by atoms with E-state index in [2.05, 4.69) is 5.32 Å². The van der Waals surface area contributed by atoms with Crippen LogP contribution >= 0.6 is 0 Å². The number of nitrogens with zero attached hydrogens (tertiary/aromatic N) is 1. The smallest absolute Gasteiger partial charge is 0.318 e. The van der Waals surface area contributed by atoms with Crippen LogP contribution in [0.4, 0.5) is 4.79 Å². The first kappa shape index (κ1) is 9.30. The number of hydrogen-bond acceptors (Lipinski definition) is 2. The largest absolute Gasteiger partial charge is 0.368 e. The van der Waals surface area contributed by atoms with E-state index in [1.807, 2.05) is 0 Å². The first-order chi connectivity index (χ1) is 6.68. The second-order valence-corrected chi connectivity index (χ2v) is 3.98. The van der Waals surface area contributed by atoms with Crippen LogP contribution in [0.25, 0.3) is 0 Å². The molecule has 0 radical (unpaired) electrons. The predicted octanol–water partition coefficient (Wildman–Crippen LogP) is -0.192. The average Bonchev–Trinajstić information content (AvgIpc) is 2.81. The zero-order chi connectivity index (χ0) is 10.1. The van der Waals surface area contributed by atoms with E-state index in [9.17, 15) is 9.59 Å². The van der Waals surface area contributed by atoms with Crippen molar-refractivity contribution < 1.29 is 9.59 Å². The highest BCUT2D eigenvalue weighted by Crippen LogP contribution is 2.21. The summed E-state index contributed by atoms with van der Waals surface area (Å²) in [6.07, 6.45) is 3.68. The Morgan fingerprint density at radius 1 is 1.29 bits per heavy atom. The Kier molecular flexibility index (Phi) is 2.31. The number of rotatable bonds is 2. The van der Waals surface area contributed by atoms with Gasteiger partial charge < -0.3 is 16.0 Å². The molecule has 1 atom stereocenters. The van der Waals surface area contributed by atoms with E-state index in [0.29, 0.717) is 19.0 Å². The van der Waals surface area contributed by atoms with E-state index in [-0.39, 0.29) is 6.03 Å². The molecular weight excluding hydrogens is 182 g/mol. The molecule has 1 saturated carbocycles. The van der Waals surface area contributed by atoms with Crippen molar-refractivity contribution in [3.05, 3.63) is 0 Å². The zero-order valence-corrected chi connectivity index (χ0v) is 8.03. The number of hydrogen-bond donors (Lipinski definition) is 2. The molecule has 1 aliphatic heterocycles. The Bertz CT molecular complexity index is 263. The van der Waals surface area contributed by atoms with Gasteiger partial charge in [0.1, 0.15) is 6.04 Å². The molecule has 1 heterocycles. The van der Waals surface area contributed by atoms with Crippen LogP contribution in [0.1, 0.15) is 25.7 Å². The highest BCUT2D eigenvalue weighted by molar-refractivity contribution is 5.86. The van der Waals surface area contributed by atoms with Crippen molar-refractivity contribution in [2.45, 2.75) is 37.8 Å². The van der Waals surface area contributed by atoms with Crippen molar-refractivity contribution in [2.24, 2.45) is 5.73 Å². The van der Waals surface area contributed by atoms with Crippen LogP contribution in [0.3, 0.4) is 0 Å². The normalized spacial score (nSPS) is 26.3. The molecule has 2 aliphatic rings. The lowest BCUT2D eigenvalue weighted by atomic mass is 10.2. The lowest BCUT2D eigenvalue weighted by molar-refractivity contribution is -0.121. The third-order valence-electron chi connectivity index (χ3n) is 2.75. The summed E-state index contributed by atoms with van der Waals surface area (Å²) in [6, 6.07) is -0.195. The molecule has 0 aromatic heterocycles. The van der Waals surface area contributed by atoms with Gasteiger partial charge >= 0.3 is 6.03 Å². The summed E-state index contributed by atoms with van der Waals surface area (Å²) in [6.45, 7) is 0.645. The average molecular weight is 197 g/mol. The van der Waals surface area contributed by atoms with E-state index in [0.717, 1.165) is 19.3 Å². The monoisotopic (exact) mass is 197 g/mol. The molecule has 1 unspecified atom stereocenters. The number of primary amides is 1. The number of carbonyl (C=O) groups is 2. The third-order valence-corrected chi connectivity index (χ3v) is 2.75. The minimum absolute atomic E-state index is 0.131. The number of carbonyl (C=O) groups excluding carboxylic acids is 2. The topological polar surface area (TPSA) is 75.4 Å². The Balaban J connectivity index is 1.93. The maximum absolute atomic E-state index is 11.6. The quantitative estimate of drug-likeness (QED) is 0.643. The van der Waals surface area contributed by atoms with Gasteiger partial charge in [0, 0.05) is 12.6 Å². The molecule has 1 saturated heterocycles. The third kappa shape index (κ3) is 1.81. The Hall–Kier alpha value is -1.26. The van der Waals surface area contributed by atoms with E-state index >= 15 is 0 Å². The van der Waals surface area contributed by atoms with Gasteiger partial charge in [-0.15, -0.1) is 0 Å². The summed E-state index contributed by atoms with van der Waals surface area (Å²) in [5.41, 5.74) is 5.21. The molecule has 3 amide bonds. The van der Waals surface area contributed by atoms with Crippen LogP contribution in [0.2, 0.25) is 0 Å². The second kappa shape index (κ2) is 3.48. The van der Waals surface area contributed by atoms with E-state index < -0.39 is 11.9 Å². The fourth-order valence-corrected chi connectivity index (χ4v) is 1.79. The molecule has 5 heteroatoms. The molecule has 0 aromatic rings. The van der Waals surface area contributed by atoms with Crippen molar-refractivity contribution in [1.29, 1.82) is 0 Å².